The average molecular weight is 391 g/mol. The van der Waals surface area contributed by atoms with Crippen molar-refractivity contribution in [3.63, 3.8) is 0 Å². The van der Waals surface area contributed by atoms with Crippen LogP contribution in [0.1, 0.15) is 54.6 Å². The second-order valence-corrected chi connectivity index (χ2v) is 8.43. The van der Waals surface area contributed by atoms with Crippen LogP contribution in [-0.2, 0) is 0 Å². The molecular weight excluding hydrogens is 370 g/mol. The Kier molecular flexibility index (Phi) is 3.76. The van der Waals surface area contributed by atoms with E-state index >= 15 is 0 Å². The molecule has 0 radical (unpaired) electrons. The minimum Gasteiger partial charge on any atom is -0.265 e. The van der Waals surface area contributed by atoms with Gasteiger partial charge in [0.05, 0.1) is 34.6 Å². The number of fused-ring (bicyclic) bond motifs is 3. The normalized spacial score (nSPS) is 19.6. The van der Waals surface area contributed by atoms with Crippen LogP contribution in [0.25, 0.3) is 33.4 Å². The molecule has 4 aromatic rings. The summed E-state index contributed by atoms with van der Waals surface area (Å²) < 4.78 is 2.28. The molecule has 0 unspecified atom stereocenters. The first-order valence-electron chi connectivity index (χ1n) is 10.6. The molecule has 2 aliphatic heterocycles. The molecule has 30 heavy (non-hydrogen) atoms. The van der Waals surface area contributed by atoms with Crippen LogP contribution in [0.2, 0.25) is 0 Å². The monoisotopic (exact) mass is 391 g/mol. The van der Waals surface area contributed by atoms with E-state index in [-0.39, 0.29) is 0 Å². The predicted octanol–water partition coefficient (Wildman–Crippen LogP) is 5.55. The van der Waals surface area contributed by atoms with E-state index < -0.39 is 0 Å². The third kappa shape index (κ3) is 2.50. The maximum Gasteiger partial charge on any atom is 0.119 e. The van der Waals surface area contributed by atoms with Gasteiger partial charge in [-0.1, -0.05) is 6.07 Å². The molecule has 1 fully saturated rings. The van der Waals surface area contributed by atoms with Crippen molar-refractivity contribution in [2.45, 2.75) is 44.6 Å². The molecule has 146 valence electrons. The van der Waals surface area contributed by atoms with E-state index in [9.17, 15) is 5.26 Å². The zero-order valence-corrected chi connectivity index (χ0v) is 16.8. The average Bonchev–Trinajstić information content (AvgIpc) is 3.22. The maximum atomic E-state index is 9.46. The molecular formula is C25H21N5. The maximum absolute atomic E-state index is 9.46. The molecule has 3 aromatic heterocycles. The van der Waals surface area contributed by atoms with E-state index in [1.54, 1.807) is 0 Å². The Bertz CT molecular complexity index is 1340. The summed E-state index contributed by atoms with van der Waals surface area (Å²) in [5, 5.41) is 15.6. The SMILES string of the molecule is Cc1cccc(-c2nn3c(c2-c2ccnc4ccc(C#N)cc24)C2CCC3CC2)n1. The number of nitrogens with zero attached hydrogens (tertiary/aromatic N) is 5. The highest BCUT2D eigenvalue weighted by Gasteiger charge is 2.38. The van der Waals surface area contributed by atoms with Crippen LogP contribution in [-0.4, -0.2) is 19.7 Å². The molecule has 5 heterocycles. The summed E-state index contributed by atoms with van der Waals surface area (Å²) in [5.41, 5.74) is 8.00. The Morgan fingerprint density at radius 2 is 1.93 bits per heavy atom. The minimum atomic E-state index is 0.477. The van der Waals surface area contributed by atoms with Gasteiger partial charge < -0.3 is 0 Å². The van der Waals surface area contributed by atoms with E-state index in [1.165, 1.54) is 36.9 Å². The van der Waals surface area contributed by atoms with Crippen molar-refractivity contribution < 1.29 is 0 Å². The Morgan fingerprint density at radius 3 is 2.73 bits per heavy atom. The first kappa shape index (κ1) is 17.3. The second kappa shape index (κ2) is 6.50. The van der Waals surface area contributed by atoms with E-state index in [0.29, 0.717) is 17.5 Å². The van der Waals surface area contributed by atoms with Gasteiger partial charge in [-0.2, -0.15) is 10.4 Å². The predicted molar refractivity (Wildman–Crippen MR) is 116 cm³/mol. The van der Waals surface area contributed by atoms with Gasteiger partial charge in [0.1, 0.15) is 5.69 Å². The van der Waals surface area contributed by atoms with Gasteiger partial charge in [-0.3, -0.25) is 14.6 Å². The van der Waals surface area contributed by atoms with Crippen LogP contribution in [0, 0.1) is 18.3 Å². The minimum absolute atomic E-state index is 0.477. The van der Waals surface area contributed by atoms with E-state index in [4.69, 9.17) is 10.1 Å². The zero-order chi connectivity index (χ0) is 20.2. The quantitative estimate of drug-likeness (QED) is 0.449. The van der Waals surface area contributed by atoms with Gasteiger partial charge in [-0.15, -0.1) is 0 Å². The Balaban J connectivity index is 1.70. The first-order chi connectivity index (χ1) is 14.7. The number of rotatable bonds is 2. The van der Waals surface area contributed by atoms with E-state index in [2.05, 4.69) is 27.9 Å². The summed E-state index contributed by atoms with van der Waals surface area (Å²) in [6.45, 7) is 2.02. The fourth-order valence-electron chi connectivity index (χ4n) is 5.26. The number of hydrogen-bond acceptors (Lipinski definition) is 4. The van der Waals surface area contributed by atoms with Crippen LogP contribution in [0.15, 0.2) is 48.7 Å². The van der Waals surface area contributed by atoms with Gasteiger partial charge in [0.25, 0.3) is 0 Å². The third-order valence-electron chi connectivity index (χ3n) is 6.65. The van der Waals surface area contributed by atoms with Crippen LogP contribution in [0.4, 0.5) is 0 Å². The summed E-state index contributed by atoms with van der Waals surface area (Å²) >= 11 is 0. The lowest BCUT2D eigenvalue weighted by Gasteiger charge is -2.37. The summed E-state index contributed by atoms with van der Waals surface area (Å²) in [4.78, 5) is 9.36. The van der Waals surface area contributed by atoms with Crippen LogP contribution in [0.3, 0.4) is 0 Å². The van der Waals surface area contributed by atoms with Crippen molar-refractivity contribution in [3.8, 4) is 28.6 Å². The fraction of sp³-hybridized carbons (Fsp3) is 0.280. The Hall–Kier alpha value is -3.52. The lowest BCUT2D eigenvalue weighted by molar-refractivity contribution is 0.240. The van der Waals surface area contributed by atoms with Crippen molar-refractivity contribution in [1.29, 1.82) is 5.26 Å². The standard InChI is InChI=1S/C25H21N5/c1-15-3-2-4-22(28-15)24-23(25-17-6-8-18(9-7-17)30(25)29-24)19-11-12-27-21-10-5-16(14-26)13-20(19)21/h2-5,10-13,17-18H,6-9H2,1H3. The van der Waals surface area contributed by atoms with Gasteiger partial charge in [0.2, 0.25) is 0 Å². The molecule has 1 aromatic carbocycles. The molecule has 3 aliphatic rings. The van der Waals surface area contributed by atoms with Gasteiger partial charge >= 0.3 is 0 Å². The Labute approximate surface area is 175 Å². The molecule has 1 saturated carbocycles. The number of benzene rings is 1. The van der Waals surface area contributed by atoms with Gasteiger partial charge in [0.15, 0.2) is 0 Å². The molecule has 2 bridgehead atoms. The summed E-state index contributed by atoms with van der Waals surface area (Å²) in [7, 11) is 0. The molecule has 5 heteroatoms. The highest BCUT2D eigenvalue weighted by atomic mass is 15.3. The third-order valence-corrected chi connectivity index (χ3v) is 6.65. The molecule has 0 atom stereocenters. The van der Waals surface area contributed by atoms with Crippen molar-refractivity contribution in [1.82, 2.24) is 19.7 Å². The van der Waals surface area contributed by atoms with Gasteiger partial charge in [0, 0.05) is 28.8 Å². The number of nitriles is 1. The highest BCUT2D eigenvalue weighted by molar-refractivity contribution is 5.99. The summed E-state index contributed by atoms with van der Waals surface area (Å²) in [5.74, 6) is 0.526. The van der Waals surface area contributed by atoms with Crippen molar-refractivity contribution in [2.24, 2.45) is 0 Å². The van der Waals surface area contributed by atoms with Crippen LogP contribution in [0.5, 0.6) is 0 Å². The first-order valence-corrected chi connectivity index (χ1v) is 10.6. The van der Waals surface area contributed by atoms with Crippen molar-refractivity contribution in [3.05, 3.63) is 65.6 Å². The largest absolute Gasteiger partial charge is 0.265 e. The lowest BCUT2D eigenvalue weighted by atomic mass is 9.77. The topological polar surface area (TPSA) is 67.4 Å². The molecule has 0 N–H and O–H groups in total. The number of aromatic nitrogens is 4. The van der Waals surface area contributed by atoms with Crippen molar-refractivity contribution in [2.75, 3.05) is 0 Å². The van der Waals surface area contributed by atoms with Crippen LogP contribution < -0.4 is 0 Å². The Morgan fingerprint density at radius 1 is 1.07 bits per heavy atom. The molecule has 5 nitrogen and oxygen atoms in total. The van der Waals surface area contributed by atoms with E-state index in [1.807, 2.05) is 43.5 Å². The van der Waals surface area contributed by atoms with Crippen LogP contribution >= 0.6 is 0 Å². The lowest BCUT2D eigenvalue weighted by Crippen LogP contribution is -2.28. The summed E-state index contributed by atoms with van der Waals surface area (Å²) in [6, 6.07) is 16.7. The molecule has 0 spiro atoms. The molecule has 0 saturated heterocycles. The van der Waals surface area contributed by atoms with Gasteiger partial charge in [-0.25, -0.2) is 0 Å². The van der Waals surface area contributed by atoms with E-state index in [0.717, 1.165) is 33.5 Å². The summed E-state index contributed by atoms with van der Waals surface area (Å²) in [6.07, 6.45) is 6.71. The second-order valence-electron chi connectivity index (χ2n) is 8.43. The molecule has 1 aliphatic carbocycles. The zero-order valence-electron chi connectivity index (χ0n) is 16.8. The molecule has 7 rings (SSSR count). The number of aryl methyl sites for hydroxylation is 1. The smallest absolute Gasteiger partial charge is 0.119 e. The number of pyridine rings is 2. The van der Waals surface area contributed by atoms with Gasteiger partial charge in [-0.05, 0) is 74.6 Å². The highest BCUT2D eigenvalue weighted by Crippen LogP contribution is 2.51. The fourth-order valence-corrected chi connectivity index (χ4v) is 5.26. The van der Waals surface area contributed by atoms with Crippen molar-refractivity contribution >= 4 is 10.9 Å². The number of hydrogen-bond donors (Lipinski definition) is 0. The molecule has 0 amide bonds.